The molecular weight excluding hydrogens is 284 g/mol. The average Bonchev–Trinajstić information content (AvgIpc) is 2.92. The summed E-state index contributed by atoms with van der Waals surface area (Å²) in [4.78, 5) is 14.7. The number of nitrogens with zero attached hydrogens (tertiary/aromatic N) is 1. The zero-order valence-electron chi connectivity index (χ0n) is 13.3. The van der Waals surface area contributed by atoms with E-state index in [4.69, 9.17) is 0 Å². The van der Waals surface area contributed by atoms with Crippen LogP contribution in [-0.4, -0.2) is 12.6 Å². The van der Waals surface area contributed by atoms with E-state index in [0.29, 0.717) is 0 Å². The van der Waals surface area contributed by atoms with Crippen molar-refractivity contribution in [1.82, 2.24) is 5.32 Å². The van der Waals surface area contributed by atoms with Crippen LogP contribution in [0, 0.1) is 0 Å². The summed E-state index contributed by atoms with van der Waals surface area (Å²) in [6.45, 7) is 0.777. The number of para-hydroxylation sites is 1. The lowest BCUT2D eigenvalue weighted by atomic mass is 9.99. The van der Waals surface area contributed by atoms with Gasteiger partial charge in [0.1, 0.15) is 0 Å². The molecular formula is C20H22N2O. The highest BCUT2D eigenvalue weighted by Crippen LogP contribution is 2.31. The smallest absolute Gasteiger partial charge is 0.322 e. The van der Waals surface area contributed by atoms with Crippen LogP contribution in [0.3, 0.4) is 0 Å². The highest BCUT2D eigenvalue weighted by atomic mass is 16.2. The van der Waals surface area contributed by atoms with Crippen LogP contribution in [0.5, 0.6) is 0 Å². The molecule has 0 saturated carbocycles. The van der Waals surface area contributed by atoms with Gasteiger partial charge in [-0.1, -0.05) is 48.9 Å². The Bertz CT molecular complexity index is 725. The topological polar surface area (TPSA) is 32.3 Å². The molecule has 3 nitrogen and oxygen atoms in total. The number of rotatable bonds is 1. The molecule has 23 heavy (non-hydrogen) atoms. The number of carbonyl (C=O) groups excluding carboxylic acids is 1. The Morgan fingerprint density at radius 2 is 1.74 bits per heavy atom. The molecule has 0 saturated heterocycles. The van der Waals surface area contributed by atoms with E-state index < -0.39 is 0 Å². The number of hydrogen-bond acceptors (Lipinski definition) is 1. The number of anilines is 1. The predicted octanol–water partition coefficient (Wildman–Crippen LogP) is 4.23. The van der Waals surface area contributed by atoms with Gasteiger partial charge in [-0.25, -0.2) is 4.79 Å². The molecule has 1 aliphatic carbocycles. The van der Waals surface area contributed by atoms with Crippen molar-refractivity contribution < 1.29 is 4.79 Å². The van der Waals surface area contributed by atoms with Gasteiger partial charge in [0.05, 0.1) is 6.04 Å². The van der Waals surface area contributed by atoms with Crippen LogP contribution in [0.15, 0.2) is 48.5 Å². The molecule has 118 valence electrons. The van der Waals surface area contributed by atoms with E-state index in [1.165, 1.54) is 23.1 Å². The van der Waals surface area contributed by atoms with E-state index in [1.54, 1.807) is 0 Å². The lowest BCUT2D eigenvalue weighted by Gasteiger charge is -2.24. The number of hydrogen-bond donors (Lipinski definition) is 1. The second-order valence-corrected chi connectivity index (χ2v) is 6.48. The standard InChI is InChI=1S/C20H22N2O/c23-20(22-14-13-16-9-3-6-12-19(16)22)21-18-11-5-2-8-15-7-1-4-10-17(15)18/h1,3-4,6-7,9-10,12,18H,2,5,8,11,13-14H2,(H,21,23). The molecule has 2 aliphatic rings. The summed E-state index contributed by atoms with van der Waals surface area (Å²) in [5.74, 6) is 0. The monoisotopic (exact) mass is 306 g/mol. The number of nitrogens with one attached hydrogen (secondary N) is 1. The van der Waals surface area contributed by atoms with Gasteiger partial charge in [0, 0.05) is 12.2 Å². The molecule has 0 fully saturated rings. The highest BCUT2D eigenvalue weighted by Gasteiger charge is 2.27. The van der Waals surface area contributed by atoms with Crippen molar-refractivity contribution in [2.24, 2.45) is 0 Å². The largest absolute Gasteiger partial charge is 0.331 e. The van der Waals surface area contributed by atoms with E-state index in [9.17, 15) is 4.79 Å². The number of aryl methyl sites for hydroxylation is 1. The van der Waals surface area contributed by atoms with Gasteiger partial charge in [-0.2, -0.15) is 0 Å². The maximum Gasteiger partial charge on any atom is 0.322 e. The van der Waals surface area contributed by atoms with Crippen molar-refractivity contribution in [3.05, 3.63) is 65.2 Å². The first kappa shape index (κ1) is 14.3. The summed E-state index contributed by atoms with van der Waals surface area (Å²) in [6.07, 6.45) is 5.46. The Morgan fingerprint density at radius 1 is 0.957 bits per heavy atom. The Labute approximate surface area is 137 Å². The fourth-order valence-corrected chi connectivity index (χ4v) is 3.85. The lowest BCUT2D eigenvalue weighted by Crippen LogP contribution is -2.41. The zero-order valence-corrected chi connectivity index (χ0v) is 13.3. The van der Waals surface area contributed by atoms with Gasteiger partial charge in [-0.05, 0) is 48.4 Å². The first-order valence-corrected chi connectivity index (χ1v) is 8.56. The lowest BCUT2D eigenvalue weighted by molar-refractivity contribution is 0.242. The molecule has 0 aromatic heterocycles. The minimum absolute atomic E-state index is 0.0386. The van der Waals surface area contributed by atoms with Crippen LogP contribution in [0.1, 0.15) is 42.0 Å². The predicted molar refractivity (Wildman–Crippen MR) is 92.8 cm³/mol. The molecule has 1 heterocycles. The van der Waals surface area contributed by atoms with Crippen molar-refractivity contribution in [3.8, 4) is 0 Å². The van der Waals surface area contributed by atoms with Crippen molar-refractivity contribution in [3.63, 3.8) is 0 Å². The third-order valence-corrected chi connectivity index (χ3v) is 5.05. The van der Waals surface area contributed by atoms with E-state index >= 15 is 0 Å². The molecule has 1 N–H and O–H groups in total. The van der Waals surface area contributed by atoms with Gasteiger partial charge in [-0.15, -0.1) is 0 Å². The molecule has 1 unspecified atom stereocenters. The van der Waals surface area contributed by atoms with E-state index in [-0.39, 0.29) is 12.1 Å². The van der Waals surface area contributed by atoms with Gasteiger partial charge in [0.2, 0.25) is 0 Å². The summed E-state index contributed by atoms with van der Waals surface area (Å²) in [5.41, 5.74) is 5.01. The van der Waals surface area contributed by atoms with Crippen molar-refractivity contribution in [2.75, 3.05) is 11.4 Å². The number of benzene rings is 2. The second kappa shape index (κ2) is 6.07. The molecule has 1 atom stereocenters. The van der Waals surface area contributed by atoms with Gasteiger partial charge in [-0.3, -0.25) is 4.90 Å². The van der Waals surface area contributed by atoms with E-state index in [0.717, 1.165) is 37.9 Å². The van der Waals surface area contributed by atoms with Gasteiger partial charge in [0.25, 0.3) is 0 Å². The quantitative estimate of drug-likeness (QED) is 0.786. The van der Waals surface area contributed by atoms with Crippen LogP contribution in [0.4, 0.5) is 10.5 Å². The van der Waals surface area contributed by atoms with Crippen LogP contribution in [-0.2, 0) is 12.8 Å². The summed E-state index contributed by atoms with van der Waals surface area (Å²) >= 11 is 0. The molecule has 1 aliphatic heterocycles. The Kier molecular flexibility index (Phi) is 3.78. The van der Waals surface area contributed by atoms with Gasteiger partial charge < -0.3 is 5.32 Å². The van der Waals surface area contributed by atoms with E-state index in [1.807, 2.05) is 23.1 Å². The van der Waals surface area contributed by atoms with E-state index in [2.05, 4.69) is 35.6 Å². The third kappa shape index (κ3) is 2.72. The van der Waals surface area contributed by atoms with Crippen LogP contribution >= 0.6 is 0 Å². The molecule has 2 amide bonds. The summed E-state index contributed by atoms with van der Waals surface area (Å²) in [6, 6.07) is 16.9. The molecule has 2 aromatic carbocycles. The Morgan fingerprint density at radius 3 is 2.65 bits per heavy atom. The normalized spacial score (nSPS) is 19.7. The molecule has 3 heteroatoms. The number of amides is 2. The molecule has 0 radical (unpaired) electrons. The first-order chi connectivity index (χ1) is 11.3. The fraction of sp³-hybridized carbons (Fsp3) is 0.350. The van der Waals surface area contributed by atoms with Crippen LogP contribution in [0.2, 0.25) is 0 Å². The maximum atomic E-state index is 12.8. The van der Waals surface area contributed by atoms with Crippen molar-refractivity contribution >= 4 is 11.7 Å². The summed E-state index contributed by atoms with van der Waals surface area (Å²) in [5, 5.41) is 3.28. The SMILES string of the molecule is O=C(NC1CCCCc2ccccc21)N1CCc2ccccc21. The number of fused-ring (bicyclic) bond motifs is 2. The summed E-state index contributed by atoms with van der Waals surface area (Å²) < 4.78 is 0. The minimum atomic E-state index is 0.0386. The summed E-state index contributed by atoms with van der Waals surface area (Å²) in [7, 11) is 0. The first-order valence-electron chi connectivity index (χ1n) is 8.56. The van der Waals surface area contributed by atoms with Crippen molar-refractivity contribution in [2.45, 2.75) is 38.1 Å². The maximum absolute atomic E-state index is 12.8. The molecule has 4 rings (SSSR count). The zero-order chi connectivity index (χ0) is 15.6. The van der Waals surface area contributed by atoms with Crippen LogP contribution < -0.4 is 10.2 Å². The molecule has 2 aromatic rings. The fourth-order valence-electron chi connectivity index (χ4n) is 3.85. The Hall–Kier alpha value is -2.29. The Balaban J connectivity index is 1.56. The van der Waals surface area contributed by atoms with Crippen molar-refractivity contribution in [1.29, 1.82) is 0 Å². The van der Waals surface area contributed by atoms with Gasteiger partial charge >= 0.3 is 6.03 Å². The average molecular weight is 306 g/mol. The van der Waals surface area contributed by atoms with Gasteiger partial charge in [0.15, 0.2) is 0 Å². The number of urea groups is 1. The molecule has 0 bridgehead atoms. The number of carbonyl (C=O) groups is 1. The minimum Gasteiger partial charge on any atom is -0.331 e. The third-order valence-electron chi connectivity index (χ3n) is 5.05. The second-order valence-electron chi connectivity index (χ2n) is 6.48. The van der Waals surface area contributed by atoms with Crippen LogP contribution in [0.25, 0.3) is 0 Å². The highest BCUT2D eigenvalue weighted by molar-refractivity contribution is 5.94. The molecule has 0 spiro atoms.